The van der Waals surface area contributed by atoms with E-state index in [-0.39, 0.29) is 12.5 Å². The molecule has 1 amide bonds. The van der Waals surface area contributed by atoms with Gasteiger partial charge in [-0.2, -0.15) is 5.10 Å². The maximum Gasteiger partial charge on any atom is 0.264 e. The molecule has 0 unspecified atom stereocenters. The summed E-state index contributed by atoms with van der Waals surface area (Å²) in [6.07, 6.45) is 0. The molecule has 6 heteroatoms. The van der Waals surface area contributed by atoms with Crippen LogP contribution < -0.4 is 0 Å². The van der Waals surface area contributed by atoms with Gasteiger partial charge in [0.2, 0.25) is 0 Å². The number of fused-ring (bicyclic) bond motifs is 1. The van der Waals surface area contributed by atoms with Crippen LogP contribution in [0.25, 0.3) is 10.2 Å². The maximum absolute atomic E-state index is 12.4. The summed E-state index contributed by atoms with van der Waals surface area (Å²) >= 11 is 1.44. The zero-order valence-electron chi connectivity index (χ0n) is 11.9. The van der Waals surface area contributed by atoms with Crippen molar-refractivity contribution in [2.24, 2.45) is 7.05 Å². The van der Waals surface area contributed by atoms with Gasteiger partial charge in [0.15, 0.2) is 0 Å². The minimum absolute atomic E-state index is 0.0687. The van der Waals surface area contributed by atoms with Gasteiger partial charge < -0.3 is 10.0 Å². The molecule has 0 atom stereocenters. The number of carbonyl (C=O) groups excluding carboxylic acids is 1. The smallest absolute Gasteiger partial charge is 0.264 e. The van der Waals surface area contributed by atoms with Gasteiger partial charge in [0.1, 0.15) is 4.83 Å². The van der Waals surface area contributed by atoms with Crippen molar-refractivity contribution in [3.8, 4) is 0 Å². The lowest BCUT2D eigenvalue weighted by molar-refractivity contribution is 0.0478. The van der Waals surface area contributed by atoms with E-state index in [1.165, 1.54) is 11.3 Å². The molecular weight excluding hydrogens is 262 g/mol. The summed E-state index contributed by atoms with van der Waals surface area (Å²) in [5.41, 5.74) is 0.359. The molecule has 0 aliphatic heterocycles. The van der Waals surface area contributed by atoms with E-state index in [1.807, 2.05) is 33.9 Å². The average molecular weight is 281 g/mol. The summed E-state index contributed by atoms with van der Waals surface area (Å²) < 4.78 is 1.79. The molecule has 0 aromatic carbocycles. The van der Waals surface area contributed by atoms with Crippen molar-refractivity contribution in [1.82, 2.24) is 14.7 Å². The Morgan fingerprint density at radius 2 is 2.21 bits per heavy atom. The number of likely N-dealkylation sites (N-methyl/N-ethyl adjacent to an activating group) is 1. The SMILES string of the molecule is Cc1nn(C)c2sc(C(=O)N(C)C(C)(C)CO)cc12. The predicted octanol–water partition coefficient (Wildman–Crippen LogP) is 1.79. The summed E-state index contributed by atoms with van der Waals surface area (Å²) in [5, 5.41) is 14.7. The second kappa shape index (κ2) is 4.61. The summed E-state index contributed by atoms with van der Waals surface area (Å²) in [7, 11) is 3.59. The van der Waals surface area contributed by atoms with Crippen LogP contribution in [-0.4, -0.2) is 44.9 Å². The summed E-state index contributed by atoms with van der Waals surface area (Å²) in [5.74, 6) is -0.0698. The fraction of sp³-hybridized carbons (Fsp3) is 0.538. The van der Waals surface area contributed by atoms with E-state index in [0.29, 0.717) is 4.88 Å². The van der Waals surface area contributed by atoms with E-state index in [1.54, 1.807) is 16.6 Å². The molecule has 0 aliphatic rings. The van der Waals surface area contributed by atoms with Crippen LogP contribution in [0.1, 0.15) is 29.2 Å². The highest BCUT2D eigenvalue weighted by Gasteiger charge is 2.29. The number of amides is 1. The van der Waals surface area contributed by atoms with Gasteiger partial charge in [-0.05, 0) is 26.8 Å². The van der Waals surface area contributed by atoms with Crippen LogP contribution >= 0.6 is 11.3 Å². The van der Waals surface area contributed by atoms with Crippen molar-refractivity contribution < 1.29 is 9.90 Å². The number of aliphatic hydroxyl groups excluding tert-OH is 1. The lowest BCUT2D eigenvalue weighted by atomic mass is 10.1. The fourth-order valence-corrected chi connectivity index (χ4v) is 2.96. The Bertz CT molecular complexity index is 593. The highest BCUT2D eigenvalue weighted by molar-refractivity contribution is 7.20. The van der Waals surface area contributed by atoms with Crippen LogP contribution in [0.15, 0.2) is 6.07 Å². The normalized spacial score (nSPS) is 12.1. The van der Waals surface area contributed by atoms with E-state index in [4.69, 9.17) is 0 Å². The van der Waals surface area contributed by atoms with E-state index in [9.17, 15) is 9.90 Å². The Balaban J connectivity index is 2.39. The van der Waals surface area contributed by atoms with Crippen molar-refractivity contribution in [2.45, 2.75) is 26.3 Å². The van der Waals surface area contributed by atoms with E-state index in [2.05, 4.69) is 5.10 Å². The van der Waals surface area contributed by atoms with Gasteiger partial charge in [0, 0.05) is 19.5 Å². The minimum atomic E-state index is -0.569. The van der Waals surface area contributed by atoms with Crippen molar-refractivity contribution in [3.05, 3.63) is 16.6 Å². The number of aromatic nitrogens is 2. The number of hydrogen-bond acceptors (Lipinski definition) is 4. The van der Waals surface area contributed by atoms with Gasteiger partial charge >= 0.3 is 0 Å². The molecule has 2 heterocycles. The molecule has 0 saturated heterocycles. The summed E-state index contributed by atoms with van der Waals surface area (Å²) in [4.78, 5) is 15.7. The average Bonchev–Trinajstić information content (AvgIpc) is 2.90. The number of hydrogen-bond donors (Lipinski definition) is 1. The highest BCUT2D eigenvalue weighted by Crippen LogP contribution is 2.29. The van der Waals surface area contributed by atoms with E-state index >= 15 is 0 Å². The number of carbonyl (C=O) groups is 1. The molecule has 0 spiro atoms. The minimum Gasteiger partial charge on any atom is -0.394 e. The molecule has 2 aromatic heterocycles. The van der Waals surface area contributed by atoms with Crippen molar-refractivity contribution in [1.29, 1.82) is 0 Å². The standard InChI is InChI=1S/C13H19N3O2S/c1-8-9-6-10(19-12(9)16(5)14-8)11(18)15(4)13(2,3)7-17/h6,17H,7H2,1-5H3. The zero-order chi connectivity index (χ0) is 14.4. The molecule has 0 saturated carbocycles. The third-order valence-corrected chi connectivity index (χ3v) is 4.70. The first kappa shape index (κ1) is 14.0. The van der Waals surface area contributed by atoms with E-state index < -0.39 is 5.54 Å². The quantitative estimate of drug-likeness (QED) is 0.933. The summed E-state index contributed by atoms with van der Waals surface area (Å²) in [6, 6.07) is 1.88. The molecule has 19 heavy (non-hydrogen) atoms. The predicted molar refractivity (Wildman–Crippen MR) is 76.6 cm³/mol. The third-order valence-electron chi connectivity index (χ3n) is 3.51. The first-order valence-electron chi connectivity index (χ1n) is 6.10. The molecule has 2 rings (SSSR count). The van der Waals surface area contributed by atoms with Crippen molar-refractivity contribution in [3.63, 3.8) is 0 Å². The van der Waals surface area contributed by atoms with Crippen LogP contribution in [0.3, 0.4) is 0 Å². The van der Waals surface area contributed by atoms with Crippen LogP contribution in [0.2, 0.25) is 0 Å². The molecule has 0 aliphatic carbocycles. The Morgan fingerprint density at radius 1 is 1.58 bits per heavy atom. The summed E-state index contributed by atoms with van der Waals surface area (Å²) in [6.45, 7) is 5.54. The Labute approximate surface area is 116 Å². The molecule has 1 N–H and O–H groups in total. The first-order valence-corrected chi connectivity index (χ1v) is 6.91. The highest BCUT2D eigenvalue weighted by atomic mass is 32.1. The largest absolute Gasteiger partial charge is 0.394 e. The Hall–Kier alpha value is -1.40. The third kappa shape index (κ3) is 2.26. The van der Waals surface area contributed by atoms with Crippen LogP contribution in [0.4, 0.5) is 0 Å². The van der Waals surface area contributed by atoms with Crippen LogP contribution in [0, 0.1) is 6.92 Å². The molecule has 2 aromatic rings. The fourth-order valence-electron chi connectivity index (χ4n) is 1.86. The number of rotatable bonds is 3. The second-order valence-corrected chi connectivity index (χ2v) is 6.40. The van der Waals surface area contributed by atoms with Crippen LogP contribution in [0.5, 0.6) is 0 Å². The topological polar surface area (TPSA) is 58.4 Å². The number of aryl methyl sites for hydroxylation is 2. The monoisotopic (exact) mass is 281 g/mol. The molecular formula is C13H19N3O2S. The van der Waals surface area contributed by atoms with Gasteiger partial charge in [-0.1, -0.05) is 0 Å². The molecule has 0 radical (unpaired) electrons. The van der Waals surface area contributed by atoms with Gasteiger partial charge in [-0.3, -0.25) is 9.48 Å². The second-order valence-electron chi connectivity index (χ2n) is 5.37. The van der Waals surface area contributed by atoms with Gasteiger partial charge in [0.05, 0.1) is 22.7 Å². The number of aliphatic hydroxyl groups is 1. The van der Waals surface area contributed by atoms with Crippen LogP contribution in [-0.2, 0) is 7.05 Å². The zero-order valence-corrected chi connectivity index (χ0v) is 12.7. The van der Waals surface area contributed by atoms with Gasteiger partial charge in [0.25, 0.3) is 5.91 Å². The number of nitrogens with zero attached hydrogens (tertiary/aromatic N) is 3. The number of thiophene rings is 1. The molecule has 5 nitrogen and oxygen atoms in total. The lowest BCUT2D eigenvalue weighted by Crippen LogP contribution is -2.47. The Kier molecular flexibility index (Phi) is 3.40. The lowest BCUT2D eigenvalue weighted by Gasteiger charge is -2.33. The van der Waals surface area contributed by atoms with Gasteiger partial charge in [-0.15, -0.1) is 11.3 Å². The first-order chi connectivity index (χ1) is 8.77. The van der Waals surface area contributed by atoms with E-state index in [0.717, 1.165) is 15.9 Å². The molecule has 104 valence electrons. The molecule has 0 bridgehead atoms. The maximum atomic E-state index is 12.4. The van der Waals surface area contributed by atoms with Crippen molar-refractivity contribution >= 4 is 27.5 Å². The van der Waals surface area contributed by atoms with Crippen molar-refractivity contribution in [2.75, 3.05) is 13.7 Å². The Morgan fingerprint density at radius 3 is 2.74 bits per heavy atom. The molecule has 0 fully saturated rings. The van der Waals surface area contributed by atoms with Gasteiger partial charge in [-0.25, -0.2) is 0 Å².